The Kier molecular flexibility index (Phi) is 5.40. The topological polar surface area (TPSA) is 28.2 Å². The van der Waals surface area contributed by atoms with E-state index in [0.717, 1.165) is 23.8 Å². The number of aryl methyl sites for hydroxylation is 1. The molecule has 0 saturated heterocycles. The molecule has 0 aliphatic rings. The number of thiazole rings is 1. The van der Waals surface area contributed by atoms with E-state index in [-0.39, 0.29) is 0 Å². The molecule has 0 spiro atoms. The van der Waals surface area contributed by atoms with Crippen LogP contribution in [0.2, 0.25) is 0 Å². The SMILES string of the molecule is CCC(C)N(C)c1nc(C)c(CNC(C)C)s1. The van der Waals surface area contributed by atoms with Gasteiger partial charge in [0.2, 0.25) is 0 Å². The van der Waals surface area contributed by atoms with Crippen LogP contribution in [-0.2, 0) is 6.54 Å². The Morgan fingerprint density at radius 3 is 2.53 bits per heavy atom. The van der Waals surface area contributed by atoms with E-state index in [9.17, 15) is 0 Å². The van der Waals surface area contributed by atoms with E-state index in [1.165, 1.54) is 4.88 Å². The molecule has 0 amide bonds. The van der Waals surface area contributed by atoms with Gasteiger partial charge in [-0.25, -0.2) is 4.98 Å². The van der Waals surface area contributed by atoms with Gasteiger partial charge in [-0.15, -0.1) is 11.3 Å². The minimum absolute atomic E-state index is 0.521. The second kappa shape index (κ2) is 6.36. The van der Waals surface area contributed by atoms with Gasteiger partial charge < -0.3 is 10.2 Å². The summed E-state index contributed by atoms with van der Waals surface area (Å²) in [6, 6.07) is 1.07. The molecule has 17 heavy (non-hydrogen) atoms. The van der Waals surface area contributed by atoms with Crippen LogP contribution in [0.5, 0.6) is 0 Å². The molecule has 1 heterocycles. The monoisotopic (exact) mass is 255 g/mol. The predicted molar refractivity (Wildman–Crippen MR) is 77.0 cm³/mol. The van der Waals surface area contributed by atoms with E-state index in [4.69, 9.17) is 0 Å². The summed E-state index contributed by atoms with van der Waals surface area (Å²) in [7, 11) is 2.13. The molecule has 1 aromatic heterocycles. The summed E-state index contributed by atoms with van der Waals surface area (Å²) in [5, 5.41) is 4.59. The molecule has 0 radical (unpaired) electrons. The van der Waals surface area contributed by atoms with E-state index < -0.39 is 0 Å². The average molecular weight is 255 g/mol. The lowest BCUT2D eigenvalue weighted by Gasteiger charge is -2.22. The number of nitrogens with zero attached hydrogens (tertiary/aromatic N) is 2. The molecule has 1 N–H and O–H groups in total. The number of rotatable bonds is 6. The Morgan fingerprint density at radius 2 is 2.00 bits per heavy atom. The van der Waals surface area contributed by atoms with Crippen molar-refractivity contribution >= 4 is 16.5 Å². The first-order valence-corrected chi connectivity index (χ1v) is 7.19. The van der Waals surface area contributed by atoms with Gasteiger partial charge in [0, 0.05) is 30.6 Å². The standard InChI is InChI=1S/C13H25N3S/c1-7-10(4)16(6)13-15-11(5)12(17-13)8-14-9(2)3/h9-10,14H,7-8H2,1-6H3. The highest BCUT2D eigenvalue weighted by Crippen LogP contribution is 2.26. The van der Waals surface area contributed by atoms with Crippen molar-refractivity contribution in [2.24, 2.45) is 0 Å². The van der Waals surface area contributed by atoms with Gasteiger partial charge in [0.15, 0.2) is 5.13 Å². The van der Waals surface area contributed by atoms with Gasteiger partial charge in [-0.05, 0) is 20.3 Å². The van der Waals surface area contributed by atoms with Gasteiger partial charge in [0.05, 0.1) is 5.69 Å². The van der Waals surface area contributed by atoms with Crippen LogP contribution >= 0.6 is 11.3 Å². The van der Waals surface area contributed by atoms with Crippen molar-refractivity contribution in [1.29, 1.82) is 0 Å². The highest BCUT2D eigenvalue weighted by molar-refractivity contribution is 7.15. The lowest BCUT2D eigenvalue weighted by Crippen LogP contribution is -2.27. The summed E-state index contributed by atoms with van der Waals surface area (Å²) < 4.78 is 0. The number of hydrogen-bond donors (Lipinski definition) is 1. The molecular formula is C13H25N3S. The maximum absolute atomic E-state index is 4.66. The Labute approximate surface area is 109 Å². The van der Waals surface area contributed by atoms with Crippen molar-refractivity contribution in [3.05, 3.63) is 10.6 Å². The molecule has 0 aromatic carbocycles. The maximum Gasteiger partial charge on any atom is 0.185 e. The fourth-order valence-electron chi connectivity index (χ4n) is 1.49. The third kappa shape index (κ3) is 3.96. The summed E-state index contributed by atoms with van der Waals surface area (Å²) in [6.07, 6.45) is 1.15. The number of hydrogen-bond acceptors (Lipinski definition) is 4. The summed E-state index contributed by atoms with van der Waals surface area (Å²) >= 11 is 1.81. The molecule has 0 fully saturated rings. The molecule has 3 nitrogen and oxygen atoms in total. The van der Waals surface area contributed by atoms with Crippen LogP contribution in [0.4, 0.5) is 5.13 Å². The minimum Gasteiger partial charge on any atom is -0.348 e. The second-order valence-corrected chi connectivity index (χ2v) is 5.97. The lowest BCUT2D eigenvalue weighted by molar-refractivity contribution is 0.591. The van der Waals surface area contributed by atoms with Crippen molar-refractivity contribution < 1.29 is 0 Å². The van der Waals surface area contributed by atoms with Crippen molar-refractivity contribution in [3.8, 4) is 0 Å². The quantitative estimate of drug-likeness (QED) is 0.846. The summed E-state index contributed by atoms with van der Waals surface area (Å²) in [5.74, 6) is 0. The molecule has 0 bridgehead atoms. The first kappa shape index (κ1) is 14.5. The van der Waals surface area contributed by atoms with Crippen LogP contribution in [0.1, 0.15) is 44.7 Å². The van der Waals surface area contributed by atoms with Gasteiger partial charge in [-0.3, -0.25) is 0 Å². The number of anilines is 1. The van der Waals surface area contributed by atoms with Crippen molar-refractivity contribution in [1.82, 2.24) is 10.3 Å². The van der Waals surface area contributed by atoms with Crippen molar-refractivity contribution in [2.75, 3.05) is 11.9 Å². The smallest absolute Gasteiger partial charge is 0.185 e. The lowest BCUT2D eigenvalue weighted by atomic mass is 10.2. The van der Waals surface area contributed by atoms with Crippen molar-refractivity contribution in [3.63, 3.8) is 0 Å². The molecule has 1 unspecified atom stereocenters. The molecule has 1 rings (SSSR count). The van der Waals surface area contributed by atoms with E-state index in [0.29, 0.717) is 12.1 Å². The fourth-order valence-corrected chi connectivity index (χ4v) is 2.56. The third-order valence-corrected chi connectivity index (χ3v) is 4.35. The average Bonchev–Trinajstić information content (AvgIpc) is 2.66. The summed E-state index contributed by atoms with van der Waals surface area (Å²) in [4.78, 5) is 8.29. The Balaban J connectivity index is 2.73. The van der Waals surface area contributed by atoms with Crippen LogP contribution < -0.4 is 10.2 Å². The van der Waals surface area contributed by atoms with Crippen LogP contribution in [0.3, 0.4) is 0 Å². The van der Waals surface area contributed by atoms with E-state index in [1.54, 1.807) is 11.3 Å². The van der Waals surface area contributed by atoms with E-state index in [1.807, 2.05) is 0 Å². The zero-order chi connectivity index (χ0) is 13.0. The largest absolute Gasteiger partial charge is 0.348 e. The molecular weight excluding hydrogens is 230 g/mol. The van der Waals surface area contributed by atoms with Gasteiger partial charge in [-0.1, -0.05) is 20.8 Å². The first-order chi connectivity index (χ1) is 7.95. The van der Waals surface area contributed by atoms with Gasteiger partial charge in [0.1, 0.15) is 0 Å². The van der Waals surface area contributed by atoms with Crippen LogP contribution in [0.15, 0.2) is 0 Å². The third-order valence-electron chi connectivity index (χ3n) is 3.11. The molecule has 1 aromatic rings. The molecule has 0 aliphatic heterocycles. The van der Waals surface area contributed by atoms with Gasteiger partial charge in [0.25, 0.3) is 0 Å². The van der Waals surface area contributed by atoms with Crippen molar-refractivity contribution in [2.45, 2.75) is 59.7 Å². The Morgan fingerprint density at radius 1 is 1.35 bits per heavy atom. The summed E-state index contributed by atoms with van der Waals surface area (Å²) in [5.41, 5.74) is 1.16. The van der Waals surface area contributed by atoms with Crippen LogP contribution in [0.25, 0.3) is 0 Å². The van der Waals surface area contributed by atoms with Gasteiger partial charge >= 0.3 is 0 Å². The molecule has 0 saturated carbocycles. The second-order valence-electron chi connectivity index (χ2n) is 4.91. The minimum atomic E-state index is 0.521. The molecule has 1 atom stereocenters. The maximum atomic E-state index is 4.66. The molecule has 0 aliphatic carbocycles. The highest BCUT2D eigenvalue weighted by Gasteiger charge is 2.14. The van der Waals surface area contributed by atoms with E-state index in [2.05, 4.69) is 56.9 Å². The molecule has 98 valence electrons. The predicted octanol–water partition coefficient (Wildman–Crippen LogP) is 3.18. The van der Waals surface area contributed by atoms with Crippen LogP contribution in [-0.4, -0.2) is 24.1 Å². The Bertz CT molecular complexity index is 346. The highest BCUT2D eigenvalue weighted by atomic mass is 32.1. The molecule has 4 heteroatoms. The van der Waals surface area contributed by atoms with Gasteiger partial charge in [-0.2, -0.15) is 0 Å². The summed E-state index contributed by atoms with van der Waals surface area (Å²) in [6.45, 7) is 11.8. The first-order valence-electron chi connectivity index (χ1n) is 6.38. The number of nitrogens with one attached hydrogen (secondary N) is 1. The fraction of sp³-hybridized carbons (Fsp3) is 0.769. The normalized spacial score (nSPS) is 13.1. The zero-order valence-electron chi connectivity index (χ0n) is 11.9. The Hall–Kier alpha value is -0.610. The zero-order valence-corrected chi connectivity index (χ0v) is 12.7. The van der Waals surface area contributed by atoms with Crippen LogP contribution in [0, 0.1) is 6.92 Å². The number of aromatic nitrogens is 1. The van der Waals surface area contributed by atoms with E-state index >= 15 is 0 Å².